The number of aromatic nitrogens is 3. The summed E-state index contributed by atoms with van der Waals surface area (Å²) in [6.45, 7) is 0. The first kappa shape index (κ1) is 7.54. The molecule has 0 N–H and O–H groups in total. The van der Waals surface area contributed by atoms with Crippen LogP contribution in [0.15, 0.2) is 23.3 Å². The van der Waals surface area contributed by atoms with E-state index in [1.807, 2.05) is 10.6 Å². The van der Waals surface area contributed by atoms with Gasteiger partial charge in [-0.15, -0.1) is 0 Å². The number of halogens is 1. The number of methoxy groups -OCH3 is 1. The van der Waals surface area contributed by atoms with E-state index < -0.39 is 0 Å². The van der Waals surface area contributed by atoms with Gasteiger partial charge in [-0.3, -0.25) is 4.40 Å². The van der Waals surface area contributed by atoms with Crippen LogP contribution in [-0.4, -0.2) is 21.5 Å². The van der Waals surface area contributed by atoms with Crippen LogP contribution in [-0.2, 0) is 0 Å². The topological polar surface area (TPSA) is 39.4 Å². The van der Waals surface area contributed by atoms with Crippen molar-refractivity contribution in [3.05, 3.63) is 23.3 Å². The second-order valence-corrected chi connectivity index (χ2v) is 2.93. The van der Waals surface area contributed by atoms with E-state index in [1.54, 1.807) is 19.5 Å². The summed E-state index contributed by atoms with van der Waals surface area (Å²) in [7, 11) is 1.59. The van der Waals surface area contributed by atoms with Gasteiger partial charge >= 0.3 is 0 Å². The Morgan fingerprint density at radius 3 is 3.08 bits per heavy atom. The van der Waals surface area contributed by atoms with Gasteiger partial charge in [0.15, 0.2) is 4.73 Å². The minimum Gasteiger partial charge on any atom is -0.479 e. The van der Waals surface area contributed by atoms with Gasteiger partial charge in [-0.2, -0.15) is 0 Å². The minimum absolute atomic E-state index is 0.579. The fourth-order valence-electron chi connectivity index (χ4n) is 1.03. The normalized spacial score (nSPS) is 10.5. The maximum atomic E-state index is 5.05. The number of hydrogen-bond donors (Lipinski definition) is 0. The molecule has 0 saturated heterocycles. The van der Waals surface area contributed by atoms with E-state index in [0.29, 0.717) is 5.88 Å². The molecule has 4 nitrogen and oxygen atoms in total. The van der Waals surface area contributed by atoms with Crippen molar-refractivity contribution < 1.29 is 4.74 Å². The van der Waals surface area contributed by atoms with Gasteiger partial charge in [0.2, 0.25) is 5.88 Å². The Morgan fingerprint density at radius 2 is 2.33 bits per heavy atom. The van der Waals surface area contributed by atoms with Gasteiger partial charge in [-0.1, -0.05) is 0 Å². The van der Waals surface area contributed by atoms with E-state index in [2.05, 4.69) is 25.9 Å². The summed E-state index contributed by atoms with van der Waals surface area (Å²) < 4.78 is 7.65. The van der Waals surface area contributed by atoms with E-state index in [-0.39, 0.29) is 0 Å². The zero-order valence-electron chi connectivity index (χ0n) is 6.36. The van der Waals surface area contributed by atoms with Crippen molar-refractivity contribution in [1.82, 2.24) is 14.4 Å². The van der Waals surface area contributed by atoms with Gasteiger partial charge in [0.05, 0.1) is 13.3 Å². The number of rotatable bonds is 1. The lowest BCUT2D eigenvalue weighted by molar-refractivity contribution is 0.401. The summed E-state index contributed by atoms with van der Waals surface area (Å²) in [6.07, 6.45) is 5.18. The lowest BCUT2D eigenvalue weighted by Gasteiger charge is -1.99. The summed E-state index contributed by atoms with van der Waals surface area (Å²) in [5, 5.41) is 0. The number of ether oxygens (including phenoxy) is 1. The maximum Gasteiger partial charge on any atom is 0.239 e. The largest absolute Gasteiger partial charge is 0.479 e. The first-order chi connectivity index (χ1) is 5.83. The van der Waals surface area contributed by atoms with Crippen molar-refractivity contribution in [3.63, 3.8) is 0 Å². The molecule has 62 valence electrons. The molecule has 0 aromatic carbocycles. The fourth-order valence-corrected chi connectivity index (χ4v) is 1.44. The highest BCUT2D eigenvalue weighted by molar-refractivity contribution is 9.10. The van der Waals surface area contributed by atoms with Crippen molar-refractivity contribution in [2.24, 2.45) is 0 Å². The Balaban J connectivity index is 2.81. The molecule has 0 atom stereocenters. The summed E-state index contributed by atoms with van der Waals surface area (Å²) >= 11 is 3.30. The lowest BCUT2D eigenvalue weighted by atomic mass is 10.5. The molecule has 2 rings (SSSR count). The van der Waals surface area contributed by atoms with Crippen LogP contribution in [0.2, 0.25) is 0 Å². The molecule has 0 saturated carbocycles. The molecule has 5 heteroatoms. The van der Waals surface area contributed by atoms with E-state index in [4.69, 9.17) is 4.74 Å². The van der Waals surface area contributed by atoms with Gasteiger partial charge in [0.1, 0.15) is 5.52 Å². The second-order valence-electron chi connectivity index (χ2n) is 2.22. The average Bonchev–Trinajstić information content (AvgIpc) is 2.48. The molecule has 0 spiro atoms. The molecule has 0 aliphatic heterocycles. The molecule has 0 unspecified atom stereocenters. The van der Waals surface area contributed by atoms with Crippen LogP contribution >= 0.6 is 15.9 Å². The number of hydrogen-bond acceptors (Lipinski definition) is 3. The van der Waals surface area contributed by atoms with E-state index in [1.165, 1.54) is 0 Å². The van der Waals surface area contributed by atoms with Gasteiger partial charge in [-0.05, 0) is 15.9 Å². The zero-order valence-corrected chi connectivity index (χ0v) is 7.95. The first-order valence-corrected chi connectivity index (χ1v) is 4.14. The molecule has 0 aliphatic rings. The fraction of sp³-hybridized carbons (Fsp3) is 0.143. The van der Waals surface area contributed by atoms with Crippen molar-refractivity contribution in [2.75, 3.05) is 7.11 Å². The summed E-state index contributed by atoms with van der Waals surface area (Å²) in [5.74, 6) is 0.579. The van der Waals surface area contributed by atoms with Crippen LogP contribution in [0.5, 0.6) is 5.88 Å². The number of nitrogens with zero attached hydrogens (tertiary/aromatic N) is 3. The molecular weight excluding hydrogens is 222 g/mol. The van der Waals surface area contributed by atoms with E-state index in [9.17, 15) is 0 Å². The van der Waals surface area contributed by atoms with Gasteiger partial charge in [0.25, 0.3) is 0 Å². The molecule has 12 heavy (non-hydrogen) atoms. The molecule has 0 fully saturated rings. The SMILES string of the molecule is COc1nccn2c(Br)ncc12. The number of imidazole rings is 1. The smallest absolute Gasteiger partial charge is 0.239 e. The maximum absolute atomic E-state index is 5.05. The third-order valence-electron chi connectivity index (χ3n) is 1.57. The van der Waals surface area contributed by atoms with Crippen molar-refractivity contribution in [1.29, 1.82) is 0 Å². The molecule has 0 bridgehead atoms. The second kappa shape index (κ2) is 2.75. The first-order valence-electron chi connectivity index (χ1n) is 3.34. The van der Waals surface area contributed by atoms with Crippen LogP contribution in [0.1, 0.15) is 0 Å². The lowest BCUT2D eigenvalue weighted by Crippen LogP contribution is -1.91. The molecule has 0 radical (unpaired) electrons. The highest BCUT2D eigenvalue weighted by Gasteiger charge is 2.05. The molecule has 2 heterocycles. The van der Waals surface area contributed by atoms with E-state index >= 15 is 0 Å². The monoisotopic (exact) mass is 227 g/mol. The molecule has 0 aliphatic carbocycles. The molecule has 0 amide bonds. The molecule has 2 aromatic rings. The summed E-state index contributed by atoms with van der Waals surface area (Å²) in [6, 6.07) is 0. The van der Waals surface area contributed by atoms with Crippen LogP contribution in [0.3, 0.4) is 0 Å². The molecule has 2 aromatic heterocycles. The van der Waals surface area contributed by atoms with Crippen LogP contribution in [0.4, 0.5) is 0 Å². The van der Waals surface area contributed by atoms with Crippen LogP contribution < -0.4 is 4.74 Å². The van der Waals surface area contributed by atoms with Crippen LogP contribution in [0, 0.1) is 0 Å². The highest BCUT2D eigenvalue weighted by Crippen LogP contribution is 2.18. The Hall–Kier alpha value is -1.10. The Bertz CT molecular complexity index is 412. The Morgan fingerprint density at radius 1 is 1.50 bits per heavy atom. The summed E-state index contributed by atoms with van der Waals surface area (Å²) in [5.41, 5.74) is 0.854. The Kier molecular flexibility index (Phi) is 1.73. The average molecular weight is 228 g/mol. The van der Waals surface area contributed by atoms with Crippen LogP contribution in [0.25, 0.3) is 5.52 Å². The standard InChI is InChI=1S/C7H6BrN3O/c1-12-6-5-4-10-7(8)11(5)3-2-9-6/h2-4H,1H3. The third kappa shape index (κ3) is 0.972. The van der Waals surface area contributed by atoms with Crippen molar-refractivity contribution in [3.8, 4) is 5.88 Å². The van der Waals surface area contributed by atoms with Crippen molar-refractivity contribution >= 4 is 21.4 Å². The zero-order chi connectivity index (χ0) is 8.55. The number of fused-ring (bicyclic) bond motifs is 1. The van der Waals surface area contributed by atoms with Gasteiger partial charge in [0, 0.05) is 12.4 Å². The van der Waals surface area contributed by atoms with Gasteiger partial charge in [-0.25, -0.2) is 9.97 Å². The third-order valence-corrected chi connectivity index (χ3v) is 2.16. The molecular formula is C7H6BrN3O. The summed E-state index contributed by atoms with van der Waals surface area (Å²) in [4.78, 5) is 8.10. The quantitative estimate of drug-likeness (QED) is 0.742. The Labute approximate surface area is 77.3 Å². The van der Waals surface area contributed by atoms with E-state index in [0.717, 1.165) is 10.3 Å². The minimum atomic E-state index is 0.579. The predicted octanol–water partition coefficient (Wildman–Crippen LogP) is 1.50. The highest BCUT2D eigenvalue weighted by atomic mass is 79.9. The van der Waals surface area contributed by atoms with Crippen molar-refractivity contribution in [2.45, 2.75) is 0 Å². The predicted molar refractivity (Wildman–Crippen MR) is 47.2 cm³/mol. The van der Waals surface area contributed by atoms with Gasteiger partial charge < -0.3 is 4.74 Å².